The number of nitrogens with zero attached hydrogens (tertiary/aromatic N) is 4. The lowest BCUT2D eigenvalue weighted by Gasteiger charge is -2.19. The first kappa shape index (κ1) is 22.8. The molecule has 0 saturated heterocycles. The van der Waals surface area contributed by atoms with Crippen molar-refractivity contribution in [1.29, 1.82) is 0 Å². The third kappa shape index (κ3) is 4.53. The SMILES string of the molecule is COc1cccc(OC)c1-n1c(-c2cccc(=O)[nH]2)nc2ncc(NC(=O)OC(C)(C)C)nc21. The normalized spacial score (nSPS) is 11.3. The Balaban J connectivity index is 1.97. The number of carbonyl (C=O) groups excluding carboxylic acids is 1. The number of aromatic amines is 1. The van der Waals surface area contributed by atoms with E-state index in [-0.39, 0.29) is 17.0 Å². The summed E-state index contributed by atoms with van der Waals surface area (Å²) in [6.07, 6.45) is 0.704. The molecule has 0 aliphatic carbocycles. The van der Waals surface area contributed by atoms with E-state index in [4.69, 9.17) is 14.2 Å². The van der Waals surface area contributed by atoms with Crippen LogP contribution in [0.2, 0.25) is 0 Å². The smallest absolute Gasteiger partial charge is 0.413 e. The molecule has 0 aliphatic rings. The van der Waals surface area contributed by atoms with Gasteiger partial charge in [0.1, 0.15) is 22.8 Å². The van der Waals surface area contributed by atoms with Gasteiger partial charge in [0.05, 0.1) is 26.1 Å². The molecule has 34 heavy (non-hydrogen) atoms. The molecule has 11 nitrogen and oxygen atoms in total. The van der Waals surface area contributed by atoms with Gasteiger partial charge in [-0.2, -0.15) is 0 Å². The molecule has 0 aliphatic heterocycles. The summed E-state index contributed by atoms with van der Waals surface area (Å²) in [5, 5.41) is 2.59. The van der Waals surface area contributed by atoms with Gasteiger partial charge in [0, 0.05) is 6.07 Å². The summed E-state index contributed by atoms with van der Waals surface area (Å²) in [5.74, 6) is 1.46. The Kier molecular flexibility index (Phi) is 5.93. The van der Waals surface area contributed by atoms with Crippen molar-refractivity contribution in [2.45, 2.75) is 26.4 Å². The predicted octanol–water partition coefficient (Wildman–Crippen LogP) is 3.54. The number of benzene rings is 1. The second-order valence-corrected chi connectivity index (χ2v) is 8.24. The minimum atomic E-state index is -0.680. The van der Waals surface area contributed by atoms with Gasteiger partial charge in [-0.15, -0.1) is 0 Å². The minimum absolute atomic E-state index is 0.157. The van der Waals surface area contributed by atoms with E-state index in [1.54, 1.807) is 55.7 Å². The third-order valence-electron chi connectivity index (χ3n) is 4.63. The van der Waals surface area contributed by atoms with Crippen LogP contribution in [0.5, 0.6) is 11.5 Å². The summed E-state index contributed by atoms with van der Waals surface area (Å²) in [5.41, 5.74) is 0.538. The van der Waals surface area contributed by atoms with Crippen LogP contribution in [0.3, 0.4) is 0 Å². The predicted molar refractivity (Wildman–Crippen MR) is 126 cm³/mol. The number of aromatic nitrogens is 5. The number of hydrogen-bond acceptors (Lipinski definition) is 8. The molecule has 4 rings (SSSR count). The van der Waals surface area contributed by atoms with Crippen molar-refractivity contribution in [2.75, 3.05) is 19.5 Å². The largest absolute Gasteiger partial charge is 0.494 e. The molecule has 2 N–H and O–H groups in total. The summed E-state index contributed by atoms with van der Waals surface area (Å²) in [6.45, 7) is 5.28. The van der Waals surface area contributed by atoms with Crippen LogP contribution in [0.15, 0.2) is 47.4 Å². The lowest BCUT2D eigenvalue weighted by atomic mass is 10.2. The molecule has 3 aromatic heterocycles. The van der Waals surface area contributed by atoms with Gasteiger partial charge < -0.3 is 19.2 Å². The highest BCUT2D eigenvalue weighted by atomic mass is 16.6. The van der Waals surface area contributed by atoms with Crippen LogP contribution in [-0.4, -0.2) is 50.4 Å². The first-order valence-corrected chi connectivity index (χ1v) is 10.4. The highest BCUT2D eigenvalue weighted by Gasteiger charge is 2.24. The number of hydrogen-bond donors (Lipinski definition) is 2. The maximum Gasteiger partial charge on any atom is 0.413 e. The topological polar surface area (TPSA) is 133 Å². The second-order valence-electron chi connectivity index (χ2n) is 8.24. The van der Waals surface area contributed by atoms with Crippen molar-refractivity contribution in [2.24, 2.45) is 0 Å². The number of para-hydroxylation sites is 1. The molecule has 0 fully saturated rings. The fourth-order valence-corrected chi connectivity index (χ4v) is 3.34. The highest BCUT2D eigenvalue weighted by molar-refractivity contribution is 5.86. The van der Waals surface area contributed by atoms with E-state index in [9.17, 15) is 9.59 Å². The molecule has 3 heterocycles. The molecule has 1 aromatic carbocycles. The number of anilines is 1. The Hall–Kier alpha value is -4.41. The van der Waals surface area contributed by atoms with Gasteiger partial charge in [0.25, 0.3) is 0 Å². The van der Waals surface area contributed by atoms with Crippen molar-refractivity contribution in [1.82, 2.24) is 24.5 Å². The number of rotatable bonds is 5. The Labute approximate surface area is 194 Å². The molecule has 11 heteroatoms. The fraction of sp³-hybridized carbons (Fsp3) is 0.261. The number of fused-ring (bicyclic) bond motifs is 1. The second kappa shape index (κ2) is 8.85. The zero-order valence-electron chi connectivity index (χ0n) is 19.4. The lowest BCUT2D eigenvalue weighted by Crippen LogP contribution is -2.27. The summed E-state index contributed by atoms with van der Waals surface area (Å²) in [6, 6.07) is 10.0. The Bertz CT molecular complexity index is 1400. The maximum absolute atomic E-state index is 12.3. The number of nitrogens with one attached hydrogen (secondary N) is 2. The van der Waals surface area contributed by atoms with Gasteiger partial charge in [0.2, 0.25) is 5.56 Å². The molecule has 0 bridgehead atoms. The van der Waals surface area contributed by atoms with Crippen LogP contribution in [-0.2, 0) is 4.74 Å². The summed E-state index contributed by atoms with van der Waals surface area (Å²) < 4.78 is 18.1. The molecular weight excluding hydrogens is 440 g/mol. The maximum atomic E-state index is 12.3. The zero-order chi connectivity index (χ0) is 24.5. The van der Waals surface area contributed by atoms with Crippen molar-refractivity contribution in [3.05, 3.63) is 52.9 Å². The minimum Gasteiger partial charge on any atom is -0.494 e. The first-order valence-electron chi connectivity index (χ1n) is 10.4. The fourth-order valence-electron chi connectivity index (χ4n) is 3.34. The quantitative estimate of drug-likeness (QED) is 0.458. The van der Waals surface area contributed by atoms with Gasteiger partial charge in [-0.3, -0.25) is 14.7 Å². The van der Waals surface area contributed by atoms with E-state index in [2.05, 4.69) is 25.3 Å². The molecular formula is C23H24N6O5. The van der Waals surface area contributed by atoms with Crippen LogP contribution in [0.1, 0.15) is 20.8 Å². The molecule has 0 radical (unpaired) electrons. The van der Waals surface area contributed by atoms with Crippen LogP contribution < -0.4 is 20.3 Å². The van der Waals surface area contributed by atoms with Gasteiger partial charge in [-0.25, -0.2) is 19.7 Å². The molecule has 176 valence electrons. The van der Waals surface area contributed by atoms with Gasteiger partial charge in [-0.1, -0.05) is 12.1 Å². The third-order valence-corrected chi connectivity index (χ3v) is 4.63. The van der Waals surface area contributed by atoms with Crippen molar-refractivity contribution in [3.63, 3.8) is 0 Å². The van der Waals surface area contributed by atoms with Crippen molar-refractivity contribution >= 4 is 23.2 Å². The lowest BCUT2D eigenvalue weighted by molar-refractivity contribution is 0.0635. The Morgan fingerprint density at radius 3 is 2.32 bits per heavy atom. The number of methoxy groups -OCH3 is 2. The standard InChI is InChI=1S/C23H24N6O5/c1-23(2,3)34-22(31)27-16-12-24-19-21(26-16)29(18-14(32-4)9-7-10-15(18)33-5)20(28-19)13-8-6-11-17(30)25-13/h6-12H,1-5H3,(H,25,30)(H,26,27,31). The van der Waals surface area contributed by atoms with E-state index >= 15 is 0 Å². The summed E-state index contributed by atoms with van der Waals surface area (Å²) in [7, 11) is 3.06. The summed E-state index contributed by atoms with van der Waals surface area (Å²) in [4.78, 5) is 40.6. The monoisotopic (exact) mass is 464 g/mol. The Morgan fingerprint density at radius 2 is 1.71 bits per heavy atom. The highest BCUT2D eigenvalue weighted by Crippen LogP contribution is 2.37. The van der Waals surface area contributed by atoms with Crippen LogP contribution in [0, 0.1) is 0 Å². The average Bonchev–Trinajstić information content (AvgIpc) is 3.15. The number of H-pyrrole nitrogens is 1. The van der Waals surface area contributed by atoms with E-state index in [0.29, 0.717) is 34.4 Å². The molecule has 0 saturated carbocycles. The zero-order valence-corrected chi connectivity index (χ0v) is 19.4. The summed E-state index contributed by atoms with van der Waals surface area (Å²) >= 11 is 0. The molecule has 0 spiro atoms. The van der Waals surface area contributed by atoms with E-state index < -0.39 is 11.7 Å². The van der Waals surface area contributed by atoms with Gasteiger partial charge >= 0.3 is 6.09 Å². The number of carbonyl (C=O) groups is 1. The Morgan fingerprint density at radius 1 is 1.03 bits per heavy atom. The first-order chi connectivity index (χ1) is 16.2. The van der Waals surface area contributed by atoms with Crippen LogP contribution in [0.4, 0.5) is 10.6 Å². The van der Waals surface area contributed by atoms with Gasteiger partial charge in [-0.05, 0) is 39.0 Å². The molecule has 0 unspecified atom stereocenters. The molecule has 4 aromatic rings. The number of ether oxygens (including phenoxy) is 3. The molecule has 1 amide bonds. The van der Waals surface area contributed by atoms with Crippen LogP contribution in [0.25, 0.3) is 28.5 Å². The number of imidazole rings is 1. The molecule has 0 atom stereocenters. The van der Waals surface area contributed by atoms with E-state index in [1.807, 2.05) is 0 Å². The number of amides is 1. The van der Waals surface area contributed by atoms with Gasteiger partial charge in [0.15, 0.2) is 22.9 Å². The van der Waals surface area contributed by atoms with Crippen LogP contribution >= 0.6 is 0 Å². The van der Waals surface area contributed by atoms with Crippen molar-refractivity contribution in [3.8, 4) is 28.7 Å². The van der Waals surface area contributed by atoms with E-state index in [0.717, 1.165) is 0 Å². The number of pyridine rings is 1. The van der Waals surface area contributed by atoms with Crippen molar-refractivity contribution < 1.29 is 19.0 Å². The van der Waals surface area contributed by atoms with E-state index in [1.165, 1.54) is 26.5 Å². The average molecular weight is 464 g/mol.